The molecule has 1 aromatic carbocycles. The Morgan fingerprint density at radius 1 is 0.811 bits per heavy atom. The van der Waals surface area contributed by atoms with Crippen LogP contribution in [0.15, 0.2) is 42.6 Å². The molecule has 1 fully saturated rings. The minimum Gasteiger partial charge on any atom is -0.379 e. The molecule has 1 aromatic heterocycles. The van der Waals surface area contributed by atoms with E-state index < -0.39 is 35.8 Å². The second kappa shape index (κ2) is 29.9. The summed E-state index contributed by atoms with van der Waals surface area (Å²) in [6.07, 6.45) is 13.2. The maximum Gasteiger partial charge on any atom is 0.253 e. The Labute approximate surface area is 442 Å². The van der Waals surface area contributed by atoms with Crippen LogP contribution in [-0.2, 0) is 49.5 Å². The number of likely N-dealkylation sites (tertiary alicyclic amines) is 1. The third-order valence-electron chi connectivity index (χ3n) is 16.5. The Kier molecular flexibility index (Phi) is 24.9. The fraction of sp³-hybridized carbons (Fsp3) is 0.695. The van der Waals surface area contributed by atoms with E-state index in [4.69, 9.17) is 10.5 Å². The number of nitrogens with two attached hydrogens (primary N) is 1. The Morgan fingerprint density at radius 2 is 1.46 bits per heavy atom. The number of rotatable bonds is 35. The van der Waals surface area contributed by atoms with Crippen molar-refractivity contribution in [2.45, 2.75) is 182 Å². The van der Waals surface area contributed by atoms with Crippen LogP contribution in [0.5, 0.6) is 0 Å². The van der Waals surface area contributed by atoms with E-state index in [0.717, 1.165) is 74.4 Å². The molecule has 412 valence electrons. The maximum atomic E-state index is 14.8. The number of ketones is 3. The fourth-order valence-electron chi connectivity index (χ4n) is 11.9. The number of Topliss-reactive ketones (excluding diaryl/α,β-unsaturated/α-hetero) is 3. The molecule has 0 spiro atoms. The first kappa shape index (κ1) is 61.5. The van der Waals surface area contributed by atoms with Crippen molar-refractivity contribution in [2.24, 2.45) is 47.2 Å². The van der Waals surface area contributed by atoms with E-state index >= 15 is 0 Å². The van der Waals surface area contributed by atoms with Crippen LogP contribution in [-0.4, -0.2) is 137 Å². The topological polar surface area (TPSA) is 201 Å². The zero-order valence-electron chi connectivity index (χ0n) is 46.9. The fourth-order valence-corrected chi connectivity index (χ4v) is 11.9. The number of primary amides is 1. The van der Waals surface area contributed by atoms with Crippen molar-refractivity contribution in [3.63, 3.8) is 0 Å². The van der Waals surface area contributed by atoms with Crippen molar-refractivity contribution in [3.05, 3.63) is 48.2 Å². The zero-order valence-corrected chi connectivity index (χ0v) is 46.9. The van der Waals surface area contributed by atoms with Crippen LogP contribution >= 0.6 is 0 Å². The average Bonchev–Trinajstić information content (AvgIpc) is 4.10. The molecule has 3 heterocycles. The van der Waals surface area contributed by atoms with E-state index in [2.05, 4.69) is 30.7 Å². The number of methoxy groups -OCH3 is 1. The van der Waals surface area contributed by atoms with Crippen molar-refractivity contribution in [3.8, 4) is 0 Å². The van der Waals surface area contributed by atoms with Gasteiger partial charge < -0.3 is 25.3 Å². The van der Waals surface area contributed by atoms with Crippen molar-refractivity contribution in [1.82, 2.24) is 24.6 Å². The quantitative estimate of drug-likeness (QED) is 0.0498. The van der Waals surface area contributed by atoms with Crippen molar-refractivity contribution in [1.29, 1.82) is 0 Å². The van der Waals surface area contributed by atoms with Gasteiger partial charge in [0.2, 0.25) is 17.7 Å². The number of H-pyrrole nitrogens is 1. The van der Waals surface area contributed by atoms with Crippen LogP contribution in [0.2, 0.25) is 0 Å². The number of imide groups is 1. The summed E-state index contributed by atoms with van der Waals surface area (Å²) in [5.41, 5.74) is 7.81. The molecule has 1 saturated heterocycles. The van der Waals surface area contributed by atoms with Crippen LogP contribution in [0.3, 0.4) is 0 Å². The van der Waals surface area contributed by atoms with E-state index in [-0.39, 0.29) is 103 Å². The number of carbonyl (C=O) groups is 8. The van der Waals surface area contributed by atoms with E-state index in [1.807, 2.05) is 77.0 Å². The maximum absolute atomic E-state index is 14.8. The van der Waals surface area contributed by atoms with Crippen LogP contribution < -0.4 is 5.73 Å². The summed E-state index contributed by atoms with van der Waals surface area (Å²) in [6.45, 7) is 17.7. The number of nitrogens with one attached hydrogen (secondary N) is 1. The Hall–Kier alpha value is -5.02. The molecule has 15 heteroatoms. The number of amides is 5. The largest absolute Gasteiger partial charge is 0.379 e. The number of aromatic nitrogens is 1. The number of hydrogen-bond acceptors (Lipinski definition) is 10. The molecule has 3 N–H and O–H groups in total. The van der Waals surface area contributed by atoms with Crippen LogP contribution in [0.1, 0.15) is 157 Å². The third kappa shape index (κ3) is 16.7. The third-order valence-corrected chi connectivity index (χ3v) is 16.5. The van der Waals surface area contributed by atoms with Gasteiger partial charge in [0.1, 0.15) is 11.6 Å². The van der Waals surface area contributed by atoms with Gasteiger partial charge in [-0.05, 0) is 87.4 Å². The number of hydrogen-bond donors (Lipinski definition) is 2. The van der Waals surface area contributed by atoms with Gasteiger partial charge in [-0.1, -0.05) is 106 Å². The van der Waals surface area contributed by atoms with Gasteiger partial charge >= 0.3 is 0 Å². The number of fused-ring (bicyclic) bond motifs is 1. The lowest BCUT2D eigenvalue weighted by atomic mass is 9.78. The predicted molar refractivity (Wildman–Crippen MR) is 290 cm³/mol. The number of carbonyl (C=O) groups excluding carboxylic acids is 8. The summed E-state index contributed by atoms with van der Waals surface area (Å²) < 4.78 is 6.17. The van der Waals surface area contributed by atoms with Crippen LogP contribution in [0.25, 0.3) is 10.9 Å². The minimum absolute atomic E-state index is 0.0261. The van der Waals surface area contributed by atoms with Gasteiger partial charge in [0.05, 0.1) is 24.6 Å². The minimum atomic E-state index is -0.662. The highest BCUT2D eigenvalue weighted by atomic mass is 16.5. The monoisotopic (exact) mass is 1030 g/mol. The van der Waals surface area contributed by atoms with Gasteiger partial charge in [0, 0.05) is 106 Å². The molecule has 5 amide bonds. The summed E-state index contributed by atoms with van der Waals surface area (Å²) >= 11 is 0. The molecule has 2 aliphatic rings. The smallest absolute Gasteiger partial charge is 0.253 e. The molecule has 2 aliphatic heterocycles. The van der Waals surface area contributed by atoms with Gasteiger partial charge in [0.15, 0.2) is 5.78 Å². The summed E-state index contributed by atoms with van der Waals surface area (Å²) in [4.78, 5) is 117. The first-order valence-corrected chi connectivity index (χ1v) is 27.9. The van der Waals surface area contributed by atoms with Crippen molar-refractivity contribution < 1.29 is 43.1 Å². The lowest BCUT2D eigenvalue weighted by Gasteiger charge is -2.41. The highest BCUT2D eigenvalue weighted by molar-refractivity contribution is 6.12. The molecule has 74 heavy (non-hydrogen) atoms. The van der Waals surface area contributed by atoms with Crippen molar-refractivity contribution >= 4 is 57.8 Å². The number of benzene rings is 1. The lowest BCUT2D eigenvalue weighted by molar-refractivity contribution is -0.148. The molecule has 2 aromatic rings. The van der Waals surface area contributed by atoms with Crippen molar-refractivity contribution in [2.75, 3.05) is 40.8 Å². The summed E-state index contributed by atoms with van der Waals surface area (Å²) in [5.74, 6) is -3.11. The number of nitrogens with zero attached hydrogens (tertiary/aromatic N) is 4. The van der Waals surface area contributed by atoms with Crippen LogP contribution in [0, 0.1) is 41.4 Å². The van der Waals surface area contributed by atoms with E-state index in [1.165, 1.54) is 17.1 Å². The second-order valence-electron chi connectivity index (χ2n) is 22.3. The van der Waals surface area contributed by atoms with E-state index in [9.17, 15) is 38.4 Å². The lowest BCUT2D eigenvalue weighted by Crippen LogP contribution is -2.54. The molecule has 0 unspecified atom stereocenters. The van der Waals surface area contributed by atoms with Crippen LogP contribution in [0.4, 0.5) is 0 Å². The number of likely N-dealkylation sites (N-methyl/N-ethyl adjacent to an activating group) is 2. The zero-order chi connectivity index (χ0) is 54.8. The number of para-hydroxylation sites is 1. The summed E-state index contributed by atoms with van der Waals surface area (Å²) in [7, 11) is 5.36. The number of unbranched alkanes of at least 4 members (excludes halogenated alkanes) is 4. The molecular weight excluding hydrogens is 937 g/mol. The number of ether oxygens (including phenoxy) is 1. The highest BCUT2D eigenvalue weighted by Gasteiger charge is 2.43. The molecule has 0 radical (unpaired) electrons. The Bertz CT molecular complexity index is 2220. The van der Waals surface area contributed by atoms with Gasteiger partial charge in [0.25, 0.3) is 11.8 Å². The normalized spacial score (nSPS) is 18.3. The molecule has 0 saturated carbocycles. The Morgan fingerprint density at radius 3 is 2.08 bits per heavy atom. The van der Waals surface area contributed by atoms with Gasteiger partial charge in [-0.2, -0.15) is 0 Å². The summed E-state index contributed by atoms with van der Waals surface area (Å²) in [6, 6.07) is 6.88. The molecule has 4 rings (SSSR count). The molecule has 9 atom stereocenters. The Balaban J connectivity index is 1.33. The van der Waals surface area contributed by atoms with E-state index in [1.54, 1.807) is 19.1 Å². The first-order chi connectivity index (χ1) is 35.2. The van der Waals surface area contributed by atoms with E-state index in [0.29, 0.717) is 38.6 Å². The first-order valence-electron chi connectivity index (χ1n) is 27.9. The average molecular weight is 1030 g/mol. The predicted octanol–water partition coefficient (Wildman–Crippen LogP) is 8.51. The number of aromatic amines is 1. The van der Waals surface area contributed by atoms with Gasteiger partial charge in [-0.3, -0.25) is 48.2 Å². The highest BCUT2D eigenvalue weighted by Crippen LogP contribution is 2.35. The standard InChI is InChI=1S/C59H92N6O9/c1-12-40(7)57(52(74-11)36-55(71)64-31-22-27-49(64)45(13-2)41(8)50(67)34-42(58(60)72)33-43-37-61-48-26-19-18-25-46(43)48)63(10)59(73)47(38(3)4)35-51(68)56(39(5)6)62(9)30-20-16-14-15-17-23-44(66)24-21-32-65-53(69)28-29-54(65)70/h18-19,25-26,28-29,37-42,45,47,49,52,56-57,61H,12-17,20-24,27,30-36H2,1-11H3,(H2,60,72)/t40-,41+,42+,45+,47-,49-,52+,56-,57-/m0/s1. The van der Waals surface area contributed by atoms with Gasteiger partial charge in [-0.25, -0.2) is 0 Å². The SMILES string of the molecule is CC[C@H]([C@@H](C)C(=O)C[C@@H](Cc1c[nH]c2ccccc12)C(N)=O)[C@@H]1CCCN1C(=O)C[C@@H](OC)[C@H]([C@@H](C)CC)N(C)C(=O)[C@@H](CC(=O)[C@H](C(C)C)N(C)CCCCCCCC(=O)CCCN1C(=O)C=CC1=O)C(C)C. The summed E-state index contributed by atoms with van der Waals surface area (Å²) in [5, 5.41) is 1.00. The molecular formula is C59H92N6O9. The molecule has 15 nitrogen and oxygen atoms in total. The second-order valence-corrected chi connectivity index (χ2v) is 22.3. The molecule has 0 aliphatic carbocycles. The van der Waals surface area contributed by atoms with Gasteiger partial charge in [-0.15, -0.1) is 0 Å². The molecule has 0 bridgehead atoms.